The number of hydrogen-bond donors (Lipinski definition) is 0. The zero-order chi connectivity index (χ0) is 12.0. The molecule has 0 saturated heterocycles. The van der Waals surface area contributed by atoms with Crippen molar-refractivity contribution < 1.29 is 9.53 Å². The third-order valence-electron chi connectivity index (χ3n) is 1.94. The molecular weight excluding hydrogens is 224 g/mol. The highest BCUT2D eigenvalue weighted by atomic mass is 35.5. The van der Waals surface area contributed by atoms with Gasteiger partial charge in [0.05, 0.1) is 0 Å². The molecule has 0 radical (unpaired) electrons. The van der Waals surface area contributed by atoms with Crippen molar-refractivity contribution >= 4 is 22.9 Å². The van der Waals surface area contributed by atoms with Gasteiger partial charge in [-0.05, 0) is 42.3 Å². The fourth-order valence-corrected chi connectivity index (χ4v) is 1.18. The fraction of sp³-hybridized carbons (Fsp3) is 0.154. The lowest BCUT2D eigenvalue weighted by atomic mass is 10.1. The van der Waals surface area contributed by atoms with Crippen molar-refractivity contribution in [1.82, 2.24) is 0 Å². The Morgan fingerprint density at radius 1 is 1.44 bits per heavy atom. The SMILES string of the molecule is C=CCOc1ccc(/C=C(\C)C(=O)Cl)cc1. The minimum absolute atomic E-state index is 0.438. The molecule has 84 valence electrons. The molecule has 0 aliphatic carbocycles. The minimum Gasteiger partial charge on any atom is -0.490 e. The second-order valence-corrected chi connectivity index (χ2v) is 3.61. The molecule has 0 saturated carbocycles. The Labute approximate surface area is 100 Å². The highest BCUT2D eigenvalue weighted by molar-refractivity contribution is 6.68. The van der Waals surface area contributed by atoms with Gasteiger partial charge in [0.2, 0.25) is 5.24 Å². The number of allylic oxidation sites excluding steroid dienone is 1. The van der Waals surface area contributed by atoms with Crippen molar-refractivity contribution in [3.8, 4) is 5.75 Å². The van der Waals surface area contributed by atoms with Crippen LogP contribution < -0.4 is 4.74 Å². The van der Waals surface area contributed by atoms with Crippen LogP contribution in [0.15, 0.2) is 42.5 Å². The van der Waals surface area contributed by atoms with Gasteiger partial charge in [-0.25, -0.2) is 0 Å². The molecular formula is C13H13ClO2. The van der Waals surface area contributed by atoms with Crippen LogP contribution in [0.25, 0.3) is 6.08 Å². The van der Waals surface area contributed by atoms with Crippen LogP contribution in [-0.2, 0) is 4.79 Å². The summed E-state index contributed by atoms with van der Waals surface area (Å²) in [5, 5.41) is -0.438. The second-order valence-electron chi connectivity index (χ2n) is 3.27. The Balaban J connectivity index is 2.75. The highest BCUT2D eigenvalue weighted by Gasteiger charge is 1.99. The van der Waals surface area contributed by atoms with E-state index in [1.807, 2.05) is 24.3 Å². The first-order chi connectivity index (χ1) is 7.63. The summed E-state index contributed by atoms with van der Waals surface area (Å²) in [5.74, 6) is 0.770. The third kappa shape index (κ3) is 3.91. The molecule has 0 amide bonds. The molecule has 0 heterocycles. The van der Waals surface area contributed by atoms with Gasteiger partial charge >= 0.3 is 0 Å². The van der Waals surface area contributed by atoms with Gasteiger partial charge in [0.1, 0.15) is 12.4 Å². The molecule has 0 N–H and O–H groups in total. The Kier molecular flexibility index (Phi) is 4.80. The average molecular weight is 237 g/mol. The number of ether oxygens (including phenoxy) is 1. The maximum atomic E-state index is 10.8. The summed E-state index contributed by atoms with van der Waals surface area (Å²) in [7, 11) is 0. The van der Waals surface area contributed by atoms with Crippen molar-refractivity contribution in [2.75, 3.05) is 6.61 Å². The van der Waals surface area contributed by atoms with Crippen LogP contribution in [0.5, 0.6) is 5.75 Å². The van der Waals surface area contributed by atoms with Crippen LogP contribution >= 0.6 is 11.6 Å². The first-order valence-electron chi connectivity index (χ1n) is 4.85. The molecule has 0 spiro atoms. The lowest BCUT2D eigenvalue weighted by Crippen LogP contribution is -1.92. The molecule has 0 unspecified atom stereocenters. The minimum atomic E-state index is -0.438. The maximum Gasteiger partial charge on any atom is 0.248 e. The van der Waals surface area contributed by atoms with Crippen LogP contribution in [0, 0.1) is 0 Å². The molecule has 1 aromatic carbocycles. The van der Waals surface area contributed by atoms with E-state index in [1.54, 1.807) is 19.1 Å². The largest absolute Gasteiger partial charge is 0.490 e. The van der Waals surface area contributed by atoms with E-state index in [0.29, 0.717) is 12.2 Å². The zero-order valence-electron chi connectivity index (χ0n) is 9.07. The molecule has 0 aromatic heterocycles. The normalized spacial score (nSPS) is 11.0. The standard InChI is InChI=1S/C13H13ClO2/c1-3-8-16-12-6-4-11(5-7-12)9-10(2)13(14)15/h3-7,9H,1,8H2,2H3/b10-9+. The quantitative estimate of drug-likeness (QED) is 0.445. The van der Waals surface area contributed by atoms with Gasteiger partial charge in [-0.3, -0.25) is 4.79 Å². The van der Waals surface area contributed by atoms with E-state index >= 15 is 0 Å². The summed E-state index contributed by atoms with van der Waals surface area (Å²) in [6, 6.07) is 7.39. The molecule has 16 heavy (non-hydrogen) atoms. The monoisotopic (exact) mass is 236 g/mol. The van der Waals surface area contributed by atoms with Gasteiger partial charge in [0.15, 0.2) is 0 Å². The lowest BCUT2D eigenvalue weighted by Gasteiger charge is -2.03. The number of rotatable bonds is 5. The summed E-state index contributed by atoms with van der Waals surface area (Å²) in [4.78, 5) is 10.8. The predicted octanol–water partition coefficient (Wildman–Crippen LogP) is 3.42. The Morgan fingerprint density at radius 3 is 2.56 bits per heavy atom. The van der Waals surface area contributed by atoms with Crippen molar-refractivity contribution in [2.45, 2.75) is 6.92 Å². The van der Waals surface area contributed by atoms with E-state index < -0.39 is 5.24 Å². The molecule has 1 rings (SSSR count). The lowest BCUT2D eigenvalue weighted by molar-refractivity contribution is -0.108. The summed E-state index contributed by atoms with van der Waals surface area (Å²) in [6.07, 6.45) is 3.41. The van der Waals surface area contributed by atoms with E-state index in [-0.39, 0.29) is 0 Å². The molecule has 0 fully saturated rings. The molecule has 0 bridgehead atoms. The number of benzene rings is 1. The molecule has 3 heteroatoms. The third-order valence-corrected chi connectivity index (χ3v) is 2.24. The van der Waals surface area contributed by atoms with E-state index in [1.165, 1.54) is 0 Å². The highest BCUT2D eigenvalue weighted by Crippen LogP contribution is 2.15. The van der Waals surface area contributed by atoms with Crippen molar-refractivity contribution in [2.24, 2.45) is 0 Å². The average Bonchev–Trinajstić information content (AvgIpc) is 2.28. The number of carbonyl (C=O) groups is 1. The number of hydrogen-bond acceptors (Lipinski definition) is 2. The first kappa shape index (κ1) is 12.5. The van der Waals surface area contributed by atoms with Crippen molar-refractivity contribution in [3.63, 3.8) is 0 Å². The van der Waals surface area contributed by atoms with Crippen molar-refractivity contribution in [3.05, 3.63) is 48.1 Å². The maximum absolute atomic E-state index is 10.8. The molecule has 2 nitrogen and oxygen atoms in total. The van der Waals surface area contributed by atoms with E-state index in [9.17, 15) is 4.79 Å². The van der Waals surface area contributed by atoms with Gasteiger partial charge < -0.3 is 4.74 Å². The Hall–Kier alpha value is -1.54. The molecule has 0 aliphatic rings. The zero-order valence-corrected chi connectivity index (χ0v) is 9.83. The molecule has 0 aliphatic heterocycles. The Bertz CT molecular complexity index is 404. The van der Waals surface area contributed by atoms with Gasteiger partial charge in [0.25, 0.3) is 0 Å². The van der Waals surface area contributed by atoms with Crippen LogP contribution in [-0.4, -0.2) is 11.8 Å². The van der Waals surface area contributed by atoms with Crippen LogP contribution in [0.1, 0.15) is 12.5 Å². The Morgan fingerprint density at radius 2 is 2.06 bits per heavy atom. The summed E-state index contributed by atoms with van der Waals surface area (Å²) in [6.45, 7) is 5.72. The van der Waals surface area contributed by atoms with Gasteiger partial charge in [-0.1, -0.05) is 24.8 Å². The van der Waals surface area contributed by atoms with Crippen LogP contribution in [0.3, 0.4) is 0 Å². The second kappa shape index (κ2) is 6.13. The fourth-order valence-electron chi connectivity index (χ4n) is 1.12. The first-order valence-corrected chi connectivity index (χ1v) is 5.23. The molecule has 1 aromatic rings. The summed E-state index contributed by atoms with van der Waals surface area (Å²) in [5.41, 5.74) is 1.43. The van der Waals surface area contributed by atoms with Gasteiger partial charge in [0, 0.05) is 5.57 Å². The van der Waals surface area contributed by atoms with E-state index in [0.717, 1.165) is 11.3 Å². The van der Waals surface area contributed by atoms with Gasteiger partial charge in [-0.15, -0.1) is 0 Å². The van der Waals surface area contributed by atoms with E-state index in [2.05, 4.69) is 6.58 Å². The van der Waals surface area contributed by atoms with E-state index in [4.69, 9.17) is 16.3 Å². The van der Waals surface area contributed by atoms with Crippen molar-refractivity contribution in [1.29, 1.82) is 0 Å². The summed E-state index contributed by atoms with van der Waals surface area (Å²) < 4.78 is 5.33. The topological polar surface area (TPSA) is 26.3 Å². The van der Waals surface area contributed by atoms with Gasteiger partial charge in [-0.2, -0.15) is 0 Å². The number of halogens is 1. The smallest absolute Gasteiger partial charge is 0.248 e. The number of carbonyl (C=O) groups excluding carboxylic acids is 1. The molecule has 0 atom stereocenters. The predicted molar refractivity (Wildman–Crippen MR) is 66.6 cm³/mol. The summed E-state index contributed by atoms with van der Waals surface area (Å²) >= 11 is 5.33. The van der Waals surface area contributed by atoms with Crippen LogP contribution in [0.2, 0.25) is 0 Å². The van der Waals surface area contributed by atoms with Crippen LogP contribution in [0.4, 0.5) is 0 Å².